The zero-order valence-corrected chi connectivity index (χ0v) is 9.51. The zero-order chi connectivity index (χ0) is 11.0. The van der Waals surface area contributed by atoms with E-state index in [-0.39, 0.29) is 17.6 Å². The molecule has 0 spiro atoms. The van der Waals surface area contributed by atoms with Crippen LogP contribution in [0.15, 0.2) is 0 Å². The molecule has 0 saturated carbocycles. The van der Waals surface area contributed by atoms with Crippen molar-refractivity contribution in [3.8, 4) is 0 Å². The van der Waals surface area contributed by atoms with Gasteiger partial charge >= 0.3 is 0 Å². The van der Waals surface area contributed by atoms with E-state index in [1.807, 2.05) is 27.7 Å². The van der Waals surface area contributed by atoms with Crippen molar-refractivity contribution in [2.75, 3.05) is 6.54 Å². The van der Waals surface area contributed by atoms with Gasteiger partial charge in [-0.25, -0.2) is 0 Å². The van der Waals surface area contributed by atoms with E-state index in [4.69, 9.17) is 9.47 Å². The fourth-order valence-electron chi connectivity index (χ4n) is 1.73. The van der Waals surface area contributed by atoms with Crippen LogP contribution in [0.5, 0.6) is 0 Å². The van der Waals surface area contributed by atoms with Gasteiger partial charge in [0.1, 0.15) is 6.10 Å². The van der Waals surface area contributed by atoms with Crippen LogP contribution in [0.25, 0.3) is 0 Å². The Hall–Kier alpha value is -0.610. The van der Waals surface area contributed by atoms with Crippen molar-refractivity contribution in [1.82, 2.24) is 5.32 Å². The van der Waals surface area contributed by atoms with Crippen LogP contribution in [-0.4, -0.2) is 29.9 Å². The molecule has 1 fully saturated rings. The van der Waals surface area contributed by atoms with Gasteiger partial charge in [-0.1, -0.05) is 0 Å². The standard InChI is InChI=1S/C10H19NO3/c1-7(12)11-6-8-9(2,3)14-10(4,5)13-8/h8H,6H2,1-5H3,(H,11,12)/t8-/m0/s1. The highest BCUT2D eigenvalue weighted by Crippen LogP contribution is 2.35. The molecule has 0 unspecified atom stereocenters. The van der Waals surface area contributed by atoms with E-state index in [0.717, 1.165) is 0 Å². The van der Waals surface area contributed by atoms with Crippen LogP contribution in [-0.2, 0) is 14.3 Å². The zero-order valence-electron chi connectivity index (χ0n) is 9.51. The second kappa shape index (κ2) is 3.51. The first-order valence-corrected chi connectivity index (χ1v) is 4.85. The average molecular weight is 201 g/mol. The summed E-state index contributed by atoms with van der Waals surface area (Å²) in [6.45, 7) is 9.67. The summed E-state index contributed by atoms with van der Waals surface area (Å²) in [4.78, 5) is 10.8. The summed E-state index contributed by atoms with van der Waals surface area (Å²) >= 11 is 0. The van der Waals surface area contributed by atoms with Crippen LogP contribution in [0.2, 0.25) is 0 Å². The molecule has 1 N–H and O–H groups in total. The van der Waals surface area contributed by atoms with Crippen molar-refractivity contribution < 1.29 is 14.3 Å². The Morgan fingerprint density at radius 2 is 1.93 bits per heavy atom. The molecule has 1 atom stereocenters. The van der Waals surface area contributed by atoms with Gasteiger partial charge < -0.3 is 14.8 Å². The number of carbonyl (C=O) groups excluding carboxylic acids is 1. The molecular weight excluding hydrogens is 182 g/mol. The normalized spacial score (nSPS) is 28.8. The lowest BCUT2D eigenvalue weighted by molar-refractivity contribution is -0.157. The Kier molecular flexibility index (Phi) is 2.88. The summed E-state index contributed by atoms with van der Waals surface area (Å²) in [5.41, 5.74) is -0.355. The summed E-state index contributed by atoms with van der Waals surface area (Å²) in [6, 6.07) is 0. The highest BCUT2D eigenvalue weighted by Gasteiger charge is 2.46. The van der Waals surface area contributed by atoms with Crippen LogP contribution in [0, 0.1) is 0 Å². The van der Waals surface area contributed by atoms with Crippen LogP contribution >= 0.6 is 0 Å². The van der Waals surface area contributed by atoms with E-state index in [2.05, 4.69) is 5.32 Å². The summed E-state index contributed by atoms with van der Waals surface area (Å²) in [7, 11) is 0. The van der Waals surface area contributed by atoms with Gasteiger partial charge in [0.2, 0.25) is 5.91 Å². The Balaban J connectivity index is 2.57. The first-order valence-electron chi connectivity index (χ1n) is 4.85. The van der Waals surface area contributed by atoms with Crippen molar-refractivity contribution in [2.24, 2.45) is 0 Å². The molecule has 1 amide bonds. The molecule has 1 aliphatic rings. The van der Waals surface area contributed by atoms with Crippen LogP contribution in [0.3, 0.4) is 0 Å². The minimum absolute atomic E-state index is 0.0471. The Morgan fingerprint density at radius 3 is 2.29 bits per heavy atom. The number of rotatable bonds is 2. The molecule has 0 aromatic carbocycles. The lowest BCUT2D eigenvalue weighted by Crippen LogP contribution is -2.42. The Bertz CT molecular complexity index is 236. The third-order valence-corrected chi connectivity index (χ3v) is 2.25. The number of hydrogen-bond acceptors (Lipinski definition) is 3. The quantitative estimate of drug-likeness (QED) is 0.726. The smallest absolute Gasteiger partial charge is 0.216 e. The SMILES string of the molecule is CC(=O)NC[C@@H]1OC(C)(C)OC1(C)C. The van der Waals surface area contributed by atoms with Crippen LogP contribution in [0.4, 0.5) is 0 Å². The fraction of sp³-hybridized carbons (Fsp3) is 0.900. The molecule has 0 aromatic rings. The molecule has 1 heterocycles. The van der Waals surface area contributed by atoms with E-state index >= 15 is 0 Å². The van der Waals surface area contributed by atoms with Gasteiger partial charge in [0.15, 0.2) is 5.79 Å². The van der Waals surface area contributed by atoms with Crippen LogP contribution in [0.1, 0.15) is 34.6 Å². The first-order chi connectivity index (χ1) is 6.23. The third-order valence-electron chi connectivity index (χ3n) is 2.25. The molecule has 1 aliphatic heterocycles. The Morgan fingerprint density at radius 1 is 1.36 bits per heavy atom. The van der Waals surface area contributed by atoms with Gasteiger partial charge in [0, 0.05) is 13.5 Å². The number of amides is 1. The molecule has 0 radical (unpaired) electrons. The minimum Gasteiger partial charge on any atom is -0.354 e. The molecule has 82 valence electrons. The second-order valence-corrected chi connectivity index (χ2v) is 4.65. The highest BCUT2D eigenvalue weighted by atomic mass is 16.8. The molecule has 14 heavy (non-hydrogen) atoms. The van der Waals surface area contributed by atoms with E-state index in [0.29, 0.717) is 6.54 Å². The Labute approximate surface area is 85.0 Å². The lowest BCUT2D eigenvalue weighted by atomic mass is 10.0. The summed E-state index contributed by atoms with van der Waals surface area (Å²) in [5, 5.41) is 2.74. The monoisotopic (exact) mass is 201 g/mol. The lowest BCUT2D eigenvalue weighted by Gasteiger charge is -2.23. The van der Waals surface area contributed by atoms with Crippen molar-refractivity contribution in [3.63, 3.8) is 0 Å². The molecular formula is C10H19NO3. The van der Waals surface area contributed by atoms with Gasteiger partial charge in [-0.15, -0.1) is 0 Å². The number of hydrogen-bond donors (Lipinski definition) is 1. The van der Waals surface area contributed by atoms with Gasteiger partial charge in [0.05, 0.1) is 5.60 Å². The highest BCUT2D eigenvalue weighted by molar-refractivity contribution is 5.72. The first kappa shape index (κ1) is 11.5. The predicted molar refractivity (Wildman–Crippen MR) is 52.8 cm³/mol. The fourth-order valence-corrected chi connectivity index (χ4v) is 1.73. The van der Waals surface area contributed by atoms with Crippen LogP contribution < -0.4 is 5.32 Å². The topological polar surface area (TPSA) is 47.6 Å². The molecule has 4 heteroatoms. The number of carbonyl (C=O) groups is 1. The predicted octanol–water partition coefficient (Wildman–Crippen LogP) is 1.05. The van der Waals surface area contributed by atoms with E-state index in [9.17, 15) is 4.79 Å². The van der Waals surface area contributed by atoms with E-state index in [1.54, 1.807) is 0 Å². The number of nitrogens with one attached hydrogen (secondary N) is 1. The molecule has 0 bridgehead atoms. The third kappa shape index (κ3) is 2.69. The summed E-state index contributed by atoms with van der Waals surface area (Å²) < 4.78 is 11.4. The van der Waals surface area contributed by atoms with Crippen molar-refractivity contribution in [1.29, 1.82) is 0 Å². The van der Waals surface area contributed by atoms with Gasteiger partial charge in [-0.2, -0.15) is 0 Å². The van der Waals surface area contributed by atoms with E-state index in [1.165, 1.54) is 6.92 Å². The largest absolute Gasteiger partial charge is 0.354 e. The van der Waals surface area contributed by atoms with Crippen molar-refractivity contribution >= 4 is 5.91 Å². The molecule has 4 nitrogen and oxygen atoms in total. The second-order valence-electron chi connectivity index (χ2n) is 4.65. The molecule has 0 aromatic heterocycles. The maximum atomic E-state index is 10.8. The van der Waals surface area contributed by atoms with Crippen molar-refractivity contribution in [2.45, 2.75) is 52.1 Å². The molecule has 1 rings (SSSR count). The van der Waals surface area contributed by atoms with Gasteiger partial charge in [0.25, 0.3) is 0 Å². The maximum Gasteiger partial charge on any atom is 0.216 e. The minimum atomic E-state index is -0.563. The summed E-state index contributed by atoms with van der Waals surface area (Å²) in [5.74, 6) is -0.610. The van der Waals surface area contributed by atoms with Gasteiger partial charge in [-0.05, 0) is 27.7 Å². The maximum absolute atomic E-state index is 10.8. The van der Waals surface area contributed by atoms with Gasteiger partial charge in [-0.3, -0.25) is 4.79 Å². The number of ether oxygens (including phenoxy) is 2. The molecule has 0 aliphatic carbocycles. The molecule has 1 saturated heterocycles. The summed E-state index contributed by atoms with van der Waals surface area (Å²) in [6.07, 6.45) is -0.0959. The van der Waals surface area contributed by atoms with Crippen molar-refractivity contribution in [3.05, 3.63) is 0 Å². The van der Waals surface area contributed by atoms with E-state index < -0.39 is 5.79 Å². The average Bonchev–Trinajstić information content (AvgIpc) is 2.14.